The third-order valence-corrected chi connectivity index (χ3v) is 4.10. The van der Waals surface area contributed by atoms with Crippen LogP contribution in [0.4, 0.5) is 0 Å². The largest absolute Gasteiger partial charge is 0.314 e. The SMILES string of the molecule is CCNC(C)Cc1csc(-c2cncs2)n1. The molecule has 0 saturated heterocycles. The van der Waals surface area contributed by atoms with Crippen molar-refractivity contribution in [3.05, 3.63) is 22.8 Å². The number of nitrogens with one attached hydrogen (secondary N) is 1. The second kappa shape index (κ2) is 5.52. The van der Waals surface area contributed by atoms with Crippen LogP contribution in [0.15, 0.2) is 17.1 Å². The monoisotopic (exact) mass is 253 g/mol. The molecule has 2 aromatic heterocycles. The van der Waals surface area contributed by atoms with E-state index in [1.807, 2.05) is 11.7 Å². The van der Waals surface area contributed by atoms with Crippen molar-refractivity contribution in [1.82, 2.24) is 15.3 Å². The van der Waals surface area contributed by atoms with Gasteiger partial charge in [0.05, 0.1) is 16.1 Å². The second-order valence-electron chi connectivity index (χ2n) is 3.67. The molecule has 0 aliphatic rings. The highest BCUT2D eigenvalue weighted by atomic mass is 32.1. The molecule has 0 aliphatic carbocycles. The Bertz CT molecular complexity index is 422. The molecule has 86 valence electrons. The van der Waals surface area contributed by atoms with Crippen molar-refractivity contribution >= 4 is 22.7 Å². The second-order valence-corrected chi connectivity index (χ2v) is 5.42. The summed E-state index contributed by atoms with van der Waals surface area (Å²) < 4.78 is 0. The quantitative estimate of drug-likeness (QED) is 0.890. The molecule has 0 aromatic carbocycles. The molecule has 2 aromatic rings. The van der Waals surface area contributed by atoms with Gasteiger partial charge in [0.25, 0.3) is 0 Å². The topological polar surface area (TPSA) is 37.8 Å². The number of hydrogen-bond acceptors (Lipinski definition) is 5. The van der Waals surface area contributed by atoms with E-state index in [2.05, 4.69) is 34.5 Å². The van der Waals surface area contributed by atoms with Crippen LogP contribution in [0.1, 0.15) is 19.5 Å². The smallest absolute Gasteiger partial charge is 0.135 e. The average molecular weight is 253 g/mol. The standard InChI is InChI=1S/C11H15N3S2/c1-3-13-8(2)4-9-6-15-11(14-9)10-5-12-7-16-10/h5-8,13H,3-4H2,1-2H3. The lowest BCUT2D eigenvalue weighted by Crippen LogP contribution is -2.27. The van der Waals surface area contributed by atoms with Crippen molar-refractivity contribution in [1.29, 1.82) is 0 Å². The zero-order valence-electron chi connectivity index (χ0n) is 9.43. The van der Waals surface area contributed by atoms with Crippen molar-refractivity contribution in [2.24, 2.45) is 0 Å². The first-order valence-electron chi connectivity index (χ1n) is 5.36. The van der Waals surface area contributed by atoms with Crippen LogP contribution >= 0.6 is 22.7 Å². The Hall–Kier alpha value is -0.780. The fourth-order valence-corrected chi connectivity index (χ4v) is 3.10. The summed E-state index contributed by atoms with van der Waals surface area (Å²) in [6, 6.07) is 0.487. The molecule has 1 N–H and O–H groups in total. The summed E-state index contributed by atoms with van der Waals surface area (Å²) >= 11 is 3.34. The van der Waals surface area contributed by atoms with Gasteiger partial charge in [0, 0.05) is 24.0 Å². The van der Waals surface area contributed by atoms with Crippen molar-refractivity contribution in [3.8, 4) is 9.88 Å². The lowest BCUT2D eigenvalue weighted by molar-refractivity contribution is 0.561. The number of aromatic nitrogens is 2. The van der Waals surface area contributed by atoms with E-state index in [0.29, 0.717) is 6.04 Å². The summed E-state index contributed by atoms with van der Waals surface area (Å²) in [5, 5.41) is 6.62. The Morgan fingerprint density at radius 1 is 1.44 bits per heavy atom. The van der Waals surface area contributed by atoms with Crippen LogP contribution in [0, 0.1) is 0 Å². The molecule has 1 atom stereocenters. The zero-order chi connectivity index (χ0) is 11.4. The average Bonchev–Trinajstić information content (AvgIpc) is 2.86. The van der Waals surface area contributed by atoms with Gasteiger partial charge in [-0.25, -0.2) is 4.98 Å². The predicted molar refractivity (Wildman–Crippen MR) is 70.1 cm³/mol. The van der Waals surface area contributed by atoms with Crippen molar-refractivity contribution in [2.45, 2.75) is 26.3 Å². The minimum absolute atomic E-state index is 0.487. The van der Waals surface area contributed by atoms with Crippen LogP contribution in [-0.4, -0.2) is 22.6 Å². The van der Waals surface area contributed by atoms with Gasteiger partial charge in [-0.2, -0.15) is 0 Å². The third kappa shape index (κ3) is 2.87. The van der Waals surface area contributed by atoms with Gasteiger partial charge >= 0.3 is 0 Å². The van der Waals surface area contributed by atoms with Gasteiger partial charge in [-0.3, -0.25) is 4.98 Å². The molecule has 5 heteroatoms. The number of likely N-dealkylation sites (N-methyl/N-ethyl adjacent to an activating group) is 1. The van der Waals surface area contributed by atoms with E-state index >= 15 is 0 Å². The zero-order valence-corrected chi connectivity index (χ0v) is 11.1. The highest BCUT2D eigenvalue weighted by molar-refractivity contribution is 7.19. The molecule has 2 heterocycles. The molecule has 1 unspecified atom stereocenters. The van der Waals surface area contributed by atoms with Gasteiger partial charge in [-0.05, 0) is 13.5 Å². The van der Waals surface area contributed by atoms with E-state index in [1.54, 1.807) is 22.7 Å². The van der Waals surface area contributed by atoms with Crippen LogP contribution in [-0.2, 0) is 6.42 Å². The Kier molecular flexibility index (Phi) is 4.04. The summed E-state index contributed by atoms with van der Waals surface area (Å²) in [5.41, 5.74) is 3.01. The fourth-order valence-electron chi connectivity index (χ4n) is 1.57. The van der Waals surface area contributed by atoms with Crippen LogP contribution in [0.5, 0.6) is 0 Å². The molecular formula is C11H15N3S2. The van der Waals surface area contributed by atoms with Crippen LogP contribution in [0.3, 0.4) is 0 Å². The van der Waals surface area contributed by atoms with Crippen molar-refractivity contribution < 1.29 is 0 Å². The van der Waals surface area contributed by atoms with Gasteiger partial charge in [0.2, 0.25) is 0 Å². The summed E-state index contributed by atoms with van der Waals surface area (Å²) in [6.45, 7) is 5.32. The van der Waals surface area contributed by atoms with E-state index < -0.39 is 0 Å². The number of rotatable bonds is 5. The molecule has 0 saturated carbocycles. The number of thiazole rings is 2. The van der Waals surface area contributed by atoms with E-state index in [4.69, 9.17) is 0 Å². The third-order valence-electron chi connectivity index (χ3n) is 2.26. The summed E-state index contributed by atoms with van der Waals surface area (Å²) in [5.74, 6) is 0. The van der Waals surface area contributed by atoms with E-state index in [1.165, 1.54) is 5.69 Å². The molecule has 0 fully saturated rings. The predicted octanol–water partition coefficient (Wildman–Crippen LogP) is 2.81. The number of nitrogens with zero attached hydrogens (tertiary/aromatic N) is 2. The molecule has 0 radical (unpaired) electrons. The Balaban J connectivity index is 2.03. The molecule has 16 heavy (non-hydrogen) atoms. The lowest BCUT2D eigenvalue weighted by atomic mass is 10.2. The molecule has 2 rings (SSSR count). The molecule has 3 nitrogen and oxygen atoms in total. The Morgan fingerprint density at radius 2 is 2.31 bits per heavy atom. The minimum atomic E-state index is 0.487. The maximum absolute atomic E-state index is 4.62. The van der Waals surface area contributed by atoms with Crippen LogP contribution < -0.4 is 5.32 Å². The maximum Gasteiger partial charge on any atom is 0.135 e. The van der Waals surface area contributed by atoms with Gasteiger partial charge in [-0.1, -0.05) is 6.92 Å². The van der Waals surface area contributed by atoms with E-state index in [9.17, 15) is 0 Å². The summed E-state index contributed by atoms with van der Waals surface area (Å²) in [4.78, 5) is 9.85. The molecule has 0 aliphatic heterocycles. The van der Waals surface area contributed by atoms with Gasteiger partial charge in [0.1, 0.15) is 5.01 Å². The van der Waals surface area contributed by atoms with Gasteiger partial charge < -0.3 is 5.32 Å². The molecule has 0 amide bonds. The lowest BCUT2D eigenvalue weighted by Gasteiger charge is -2.09. The molecular weight excluding hydrogens is 238 g/mol. The summed E-state index contributed by atoms with van der Waals surface area (Å²) in [7, 11) is 0. The first-order valence-corrected chi connectivity index (χ1v) is 7.12. The van der Waals surface area contributed by atoms with Crippen LogP contribution in [0.25, 0.3) is 9.88 Å². The summed E-state index contributed by atoms with van der Waals surface area (Å²) in [6.07, 6.45) is 2.87. The van der Waals surface area contributed by atoms with Crippen molar-refractivity contribution in [3.63, 3.8) is 0 Å². The fraction of sp³-hybridized carbons (Fsp3) is 0.455. The van der Waals surface area contributed by atoms with E-state index in [0.717, 1.165) is 22.9 Å². The van der Waals surface area contributed by atoms with Crippen LogP contribution in [0.2, 0.25) is 0 Å². The molecule has 0 spiro atoms. The first-order chi connectivity index (χ1) is 7.79. The first kappa shape index (κ1) is 11.7. The van der Waals surface area contributed by atoms with E-state index in [-0.39, 0.29) is 0 Å². The Labute approximate surface area is 104 Å². The Morgan fingerprint density at radius 3 is 3.00 bits per heavy atom. The molecule has 0 bridgehead atoms. The highest BCUT2D eigenvalue weighted by Gasteiger charge is 2.08. The highest BCUT2D eigenvalue weighted by Crippen LogP contribution is 2.26. The minimum Gasteiger partial charge on any atom is -0.314 e. The number of hydrogen-bond donors (Lipinski definition) is 1. The maximum atomic E-state index is 4.62. The normalized spacial score (nSPS) is 12.9. The van der Waals surface area contributed by atoms with Crippen molar-refractivity contribution in [2.75, 3.05) is 6.54 Å². The van der Waals surface area contributed by atoms with Gasteiger partial charge in [0.15, 0.2) is 0 Å². The van der Waals surface area contributed by atoms with Gasteiger partial charge in [-0.15, -0.1) is 22.7 Å².